The van der Waals surface area contributed by atoms with Gasteiger partial charge >= 0.3 is 0 Å². The van der Waals surface area contributed by atoms with Crippen molar-refractivity contribution in [2.45, 2.75) is 39.7 Å². The van der Waals surface area contributed by atoms with Gasteiger partial charge in [0.05, 0.1) is 9.40 Å². The summed E-state index contributed by atoms with van der Waals surface area (Å²) in [6, 6.07) is 2.41. The Labute approximate surface area is 120 Å². The third-order valence-electron chi connectivity index (χ3n) is 2.81. The van der Waals surface area contributed by atoms with Crippen LogP contribution in [-0.4, -0.2) is 11.0 Å². The number of benzene rings is 1. The lowest BCUT2D eigenvalue weighted by molar-refractivity contribution is -0.384. The highest BCUT2D eigenvalue weighted by molar-refractivity contribution is 9.10. The summed E-state index contributed by atoms with van der Waals surface area (Å²) in [5, 5.41) is 14.0. The van der Waals surface area contributed by atoms with E-state index in [0.717, 1.165) is 18.9 Å². The van der Waals surface area contributed by atoms with Gasteiger partial charge in [-0.25, -0.2) is 4.39 Å². The van der Waals surface area contributed by atoms with E-state index >= 15 is 0 Å². The van der Waals surface area contributed by atoms with Gasteiger partial charge in [-0.2, -0.15) is 0 Å². The number of hydrogen-bond donors (Lipinski definition) is 1. The van der Waals surface area contributed by atoms with Gasteiger partial charge in [0.2, 0.25) is 0 Å². The fourth-order valence-electron chi connectivity index (χ4n) is 1.72. The van der Waals surface area contributed by atoms with Crippen molar-refractivity contribution in [3.05, 3.63) is 32.5 Å². The van der Waals surface area contributed by atoms with Crippen LogP contribution in [0, 0.1) is 21.8 Å². The molecule has 1 atom stereocenters. The molecule has 0 heterocycles. The predicted molar refractivity (Wildman–Crippen MR) is 77.9 cm³/mol. The molecule has 0 saturated carbocycles. The average molecular weight is 333 g/mol. The fourth-order valence-corrected chi connectivity index (χ4v) is 2.06. The van der Waals surface area contributed by atoms with E-state index in [1.54, 1.807) is 0 Å². The molecule has 1 aromatic carbocycles. The van der Waals surface area contributed by atoms with Crippen molar-refractivity contribution in [3.63, 3.8) is 0 Å². The largest absolute Gasteiger partial charge is 0.377 e. The Hall–Kier alpha value is -1.17. The third kappa shape index (κ3) is 4.78. The van der Waals surface area contributed by atoms with Crippen LogP contribution in [0.5, 0.6) is 0 Å². The molecule has 0 saturated heterocycles. The maximum Gasteiger partial charge on any atom is 0.293 e. The quantitative estimate of drug-likeness (QED) is 0.605. The molecule has 106 valence electrons. The number of nitrogens with one attached hydrogen (secondary N) is 1. The number of rotatable bonds is 6. The van der Waals surface area contributed by atoms with E-state index in [0.29, 0.717) is 5.92 Å². The molecule has 1 aromatic rings. The highest BCUT2D eigenvalue weighted by atomic mass is 79.9. The molecule has 0 aromatic heterocycles. The van der Waals surface area contributed by atoms with Crippen molar-refractivity contribution in [3.8, 4) is 0 Å². The number of nitro benzene ring substituents is 1. The maximum absolute atomic E-state index is 13.5. The summed E-state index contributed by atoms with van der Waals surface area (Å²) in [4.78, 5) is 10.4. The molecule has 0 aliphatic heterocycles. The van der Waals surface area contributed by atoms with E-state index in [4.69, 9.17) is 0 Å². The number of anilines is 1. The summed E-state index contributed by atoms with van der Waals surface area (Å²) < 4.78 is 13.6. The predicted octanol–water partition coefficient (Wildman–Crippen LogP) is 4.73. The van der Waals surface area contributed by atoms with Crippen LogP contribution in [0.3, 0.4) is 0 Å². The Morgan fingerprint density at radius 2 is 2.00 bits per heavy atom. The molecular weight excluding hydrogens is 315 g/mol. The van der Waals surface area contributed by atoms with Gasteiger partial charge in [0.15, 0.2) is 0 Å². The van der Waals surface area contributed by atoms with E-state index in [-0.39, 0.29) is 21.9 Å². The Morgan fingerprint density at radius 1 is 1.37 bits per heavy atom. The smallest absolute Gasteiger partial charge is 0.293 e. The Bertz CT molecular complexity index is 466. The van der Waals surface area contributed by atoms with Crippen molar-refractivity contribution in [1.82, 2.24) is 0 Å². The lowest BCUT2D eigenvalue weighted by Gasteiger charge is -2.16. The van der Waals surface area contributed by atoms with Gasteiger partial charge < -0.3 is 5.32 Å². The van der Waals surface area contributed by atoms with Gasteiger partial charge in [-0.1, -0.05) is 13.8 Å². The summed E-state index contributed by atoms with van der Waals surface area (Å²) in [6.45, 7) is 6.18. The molecule has 0 aliphatic rings. The normalized spacial score (nSPS) is 12.5. The molecular formula is C13H18BrFN2O2. The van der Waals surface area contributed by atoms with Crippen molar-refractivity contribution >= 4 is 27.3 Å². The zero-order valence-corrected chi connectivity index (χ0v) is 12.8. The van der Waals surface area contributed by atoms with E-state index in [9.17, 15) is 14.5 Å². The van der Waals surface area contributed by atoms with Crippen molar-refractivity contribution in [2.75, 3.05) is 5.32 Å². The fraction of sp³-hybridized carbons (Fsp3) is 0.538. The highest BCUT2D eigenvalue weighted by Crippen LogP contribution is 2.31. The Morgan fingerprint density at radius 3 is 2.53 bits per heavy atom. The van der Waals surface area contributed by atoms with E-state index < -0.39 is 10.7 Å². The van der Waals surface area contributed by atoms with Gasteiger partial charge in [-0.05, 0) is 41.6 Å². The van der Waals surface area contributed by atoms with Crippen LogP contribution in [0.25, 0.3) is 0 Å². The van der Waals surface area contributed by atoms with Gasteiger partial charge in [0.1, 0.15) is 11.5 Å². The van der Waals surface area contributed by atoms with E-state index in [2.05, 4.69) is 35.1 Å². The molecule has 0 fully saturated rings. The molecule has 19 heavy (non-hydrogen) atoms. The third-order valence-corrected chi connectivity index (χ3v) is 3.42. The number of hydrogen-bond acceptors (Lipinski definition) is 3. The van der Waals surface area contributed by atoms with Crippen molar-refractivity contribution < 1.29 is 9.31 Å². The Balaban J connectivity index is 2.87. The monoisotopic (exact) mass is 332 g/mol. The van der Waals surface area contributed by atoms with Crippen molar-refractivity contribution in [1.29, 1.82) is 0 Å². The van der Waals surface area contributed by atoms with Gasteiger partial charge in [-0.3, -0.25) is 10.1 Å². The number of halogens is 2. The van der Waals surface area contributed by atoms with Crippen LogP contribution in [0.1, 0.15) is 33.6 Å². The second-order valence-electron chi connectivity index (χ2n) is 5.06. The lowest BCUT2D eigenvalue weighted by atomic mass is 10.0. The number of nitro groups is 1. The average Bonchev–Trinajstić information content (AvgIpc) is 2.30. The van der Waals surface area contributed by atoms with E-state index in [1.807, 2.05) is 6.92 Å². The minimum absolute atomic E-state index is 0.0571. The van der Waals surface area contributed by atoms with Gasteiger partial charge in [-0.15, -0.1) is 0 Å². The summed E-state index contributed by atoms with van der Waals surface area (Å²) in [5.74, 6) is 0.0602. The highest BCUT2D eigenvalue weighted by Gasteiger charge is 2.18. The maximum atomic E-state index is 13.5. The first-order valence-corrected chi connectivity index (χ1v) is 7.00. The zero-order valence-electron chi connectivity index (χ0n) is 11.2. The van der Waals surface area contributed by atoms with Crippen LogP contribution < -0.4 is 5.32 Å². The van der Waals surface area contributed by atoms with Crippen LogP contribution in [0.4, 0.5) is 15.8 Å². The minimum Gasteiger partial charge on any atom is -0.377 e. The molecule has 6 heteroatoms. The molecule has 1 N–H and O–H groups in total. The molecule has 0 amide bonds. The second-order valence-corrected chi connectivity index (χ2v) is 5.91. The molecule has 0 aliphatic carbocycles. The molecule has 4 nitrogen and oxygen atoms in total. The van der Waals surface area contributed by atoms with Gasteiger partial charge in [0.25, 0.3) is 5.69 Å². The SMILES string of the molecule is CC(C)CCC(C)Nc1cc(F)c(Br)cc1[N+](=O)[O-]. The van der Waals surface area contributed by atoms with Crippen LogP contribution in [0.15, 0.2) is 16.6 Å². The summed E-state index contributed by atoms with van der Waals surface area (Å²) in [5.41, 5.74) is 0.103. The van der Waals surface area contributed by atoms with Gasteiger partial charge in [0, 0.05) is 18.2 Å². The van der Waals surface area contributed by atoms with Crippen LogP contribution in [-0.2, 0) is 0 Å². The first kappa shape index (κ1) is 15.9. The summed E-state index contributed by atoms with van der Waals surface area (Å²) in [6.07, 6.45) is 1.90. The van der Waals surface area contributed by atoms with Crippen LogP contribution in [0.2, 0.25) is 0 Å². The Kier molecular flexibility index (Phi) is 5.72. The molecule has 1 unspecified atom stereocenters. The first-order valence-electron chi connectivity index (χ1n) is 6.21. The second kappa shape index (κ2) is 6.84. The minimum atomic E-state index is -0.512. The van der Waals surface area contributed by atoms with E-state index in [1.165, 1.54) is 6.07 Å². The summed E-state index contributed by atoms with van der Waals surface area (Å²) >= 11 is 2.96. The number of nitrogens with zero attached hydrogens (tertiary/aromatic N) is 1. The van der Waals surface area contributed by atoms with Crippen molar-refractivity contribution in [2.24, 2.45) is 5.92 Å². The van der Waals surface area contributed by atoms with Crippen LogP contribution >= 0.6 is 15.9 Å². The zero-order chi connectivity index (χ0) is 14.6. The summed E-state index contributed by atoms with van der Waals surface area (Å²) in [7, 11) is 0. The molecule has 1 rings (SSSR count). The standard InChI is InChI=1S/C13H18BrFN2O2/c1-8(2)4-5-9(3)16-12-7-11(15)10(14)6-13(12)17(18)19/h6-9,16H,4-5H2,1-3H3. The topological polar surface area (TPSA) is 55.2 Å². The molecule has 0 radical (unpaired) electrons. The molecule has 0 bridgehead atoms. The first-order chi connectivity index (χ1) is 8.81. The molecule has 0 spiro atoms. The lowest BCUT2D eigenvalue weighted by Crippen LogP contribution is -2.17.